The Kier molecular flexibility index (Phi) is 5.67. The third-order valence-electron chi connectivity index (χ3n) is 3.95. The Balaban J connectivity index is 0.00000243. The molecule has 0 atom stereocenters. The Bertz CT molecular complexity index is 1040. The molecule has 0 fully saturated rings. The van der Waals surface area contributed by atoms with Gasteiger partial charge in [0.25, 0.3) is 5.56 Å². The zero-order valence-electron chi connectivity index (χ0n) is 14.0. The van der Waals surface area contributed by atoms with Gasteiger partial charge in [0, 0.05) is 24.4 Å². The highest BCUT2D eigenvalue weighted by molar-refractivity contribution is 6.31. The van der Waals surface area contributed by atoms with Crippen molar-refractivity contribution in [1.29, 1.82) is 0 Å². The minimum atomic E-state index is -0.453. The van der Waals surface area contributed by atoms with Crippen LogP contribution in [0.2, 0.25) is 5.02 Å². The van der Waals surface area contributed by atoms with Crippen LogP contribution in [0, 0.1) is 13.8 Å². The molecule has 2 aromatic heterocycles. The predicted molar refractivity (Wildman–Crippen MR) is 103 cm³/mol. The van der Waals surface area contributed by atoms with E-state index in [0.717, 1.165) is 11.1 Å². The Morgan fingerprint density at radius 3 is 2.58 bits per heavy atom. The predicted octanol–water partition coefficient (Wildman–Crippen LogP) is 3.83. The Morgan fingerprint density at radius 1 is 1.19 bits per heavy atom. The second kappa shape index (κ2) is 7.58. The molecule has 0 aliphatic heterocycles. The summed E-state index contributed by atoms with van der Waals surface area (Å²) in [5, 5.41) is 0.414. The van der Waals surface area contributed by atoms with Gasteiger partial charge in [-0.05, 0) is 49.7 Å². The number of ether oxygens (including phenoxy) is 1. The lowest BCUT2D eigenvalue weighted by atomic mass is 10.0. The lowest BCUT2D eigenvalue weighted by Crippen LogP contribution is -2.31. The van der Waals surface area contributed by atoms with Crippen molar-refractivity contribution < 1.29 is 4.74 Å². The van der Waals surface area contributed by atoms with Crippen LogP contribution in [-0.4, -0.2) is 14.5 Å². The van der Waals surface area contributed by atoms with Crippen molar-refractivity contribution in [3.05, 3.63) is 73.5 Å². The number of nitrogens with one attached hydrogen (secondary N) is 1. The SMILES string of the molecule is C.Cc1cc(Oc2ncccc2Cl)ccc1-c1c(C)c(=O)[nH]c(=O)n1C. The molecule has 0 aliphatic carbocycles. The van der Waals surface area contributed by atoms with Gasteiger partial charge >= 0.3 is 5.69 Å². The van der Waals surface area contributed by atoms with Gasteiger partial charge in [0.15, 0.2) is 0 Å². The van der Waals surface area contributed by atoms with Gasteiger partial charge in [0.2, 0.25) is 5.88 Å². The van der Waals surface area contributed by atoms with E-state index in [1.54, 1.807) is 38.4 Å². The van der Waals surface area contributed by atoms with Crippen molar-refractivity contribution >= 4 is 11.6 Å². The number of benzene rings is 1. The summed E-state index contributed by atoms with van der Waals surface area (Å²) in [6.45, 7) is 3.57. The monoisotopic (exact) mass is 373 g/mol. The third-order valence-corrected chi connectivity index (χ3v) is 4.24. The molecule has 0 radical (unpaired) electrons. The number of rotatable bonds is 3. The molecule has 136 valence electrons. The summed E-state index contributed by atoms with van der Waals surface area (Å²) >= 11 is 6.05. The van der Waals surface area contributed by atoms with Crippen LogP contribution in [0.5, 0.6) is 11.6 Å². The van der Waals surface area contributed by atoms with Crippen LogP contribution < -0.4 is 16.0 Å². The molecule has 1 aromatic carbocycles. The van der Waals surface area contributed by atoms with E-state index in [9.17, 15) is 9.59 Å². The van der Waals surface area contributed by atoms with E-state index < -0.39 is 11.2 Å². The largest absolute Gasteiger partial charge is 0.438 e. The Labute approximate surface area is 156 Å². The number of aryl methyl sites for hydroxylation is 1. The lowest BCUT2D eigenvalue weighted by molar-refractivity contribution is 0.463. The summed E-state index contributed by atoms with van der Waals surface area (Å²) in [6, 6.07) is 8.78. The minimum Gasteiger partial charge on any atom is -0.438 e. The zero-order chi connectivity index (χ0) is 18.1. The molecule has 0 amide bonds. The summed E-state index contributed by atoms with van der Waals surface area (Å²) in [5.74, 6) is 0.880. The number of aromatic nitrogens is 3. The van der Waals surface area contributed by atoms with E-state index in [0.29, 0.717) is 27.9 Å². The standard InChI is InChI=1S/C18H16ClN3O3.CH4/c1-10-9-12(25-17-14(19)5-4-8-20-17)6-7-13(10)15-11(2)16(23)21-18(24)22(15)3;/h4-9H,1-3H3,(H,21,23,24);1H4. The van der Waals surface area contributed by atoms with Crippen LogP contribution in [0.3, 0.4) is 0 Å². The minimum absolute atomic E-state index is 0. The number of hydrogen-bond acceptors (Lipinski definition) is 4. The van der Waals surface area contributed by atoms with E-state index in [2.05, 4.69) is 9.97 Å². The molecule has 0 spiro atoms. The topological polar surface area (TPSA) is 77.0 Å². The van der Waals surface area contributed by atoms with Crippen LogP contribution in [0.25, 0.3) is 11.3 Å². The fourth-order valence-corrected chi connectivity index (χ4v) is 2.80. The maximum Gasteiger partial charge on any atom is 0.328 e. The van der Waals surface area contributed by atoms with Crippen molar-refractivity contribution in [2.24, 2.45) is 7.05 Å². The van der Waals surface area contributed by atoms with Gasteiger partial charge < -0.3 is 4.74 Å². The van der Waals surface area contributed by atoms with Crippen LogP contribution in [-0.2, 0) is 7.05 Å². The van der Waals surface area contributed by atoms with E-state index in [1.165, 1.54) is 4.57 Å². The van der Waals surface area contributed by atoms with Gasteiger partial charge in [0.1, 0.15) is 10.8 Å². The summed E-state index contributed by atoms with van der Waals surface area (Å²) in [4.78, 5) is 30.2. The first kappa shape index (κ1) is 19.5. The fraction of sp³-hybridized carbons (Fsp3) is 0.211. The molecule has 0 bridgehead atoms. The zero-order valence-corrected chi connectivity index (χ0v) is 14.7. The maximum absolute atomic E-state index is 11.9. The van der Waals surface area contributed by atoms with Crippen LogP contribution >= 0.6 is 11.6 Å². The van der Waals surface area contributed by atoms with Gasteiger partial charge in [-0.3, -0.25) is 14.3 Å². The molecule has 0 aliphatic rings. The van der Waals surface area contributed by atoms with Gasteiger partial charge in [-0.1, -0.05) is 19.0 Å². The molecule has 7 heteroatoms. The lowest BCUT2D eigenvalue weighted by Gasteiger charge is -2.14. The molecule has 2 heterocycles. The molecule has 0 saturated carbocycles. The van der Waals surface area contributed by atoms with E-state index in [-0.39, 0.29) is 7.43 Å². The first-order valence-corrected chi connectivity index (χ1v) is 7.95. The quantitative estimate of drug-likeness (QED) is 0.756. The van der Waals surface area contributed by atoms with Crippen molar-refractivity contribution in [2.45, 2.75) is 21.3 Å². The molecular weight excluding hydrogens is 354 g/mol. The Hall–Kier alpha value is -2.86. The fourth-order valence-electron chi connectivity index (χ4n) is 2.64. The van der Waals surface area contributed by atoms with E-state index in [4.69, 9.17) is 16.3 Å². The number of aromatic amines is 1. The molecule has 1 N–H and O–H groups in total. The second-order valence-electron chi connectivity index (χ2n) is 5.66. The third kappa shape index (κ3) is 3.55. The summed E-state index contributed by atoms with van der Waals surface area (Å²) in [6.07, 6.45) is 1.60. The summed E-state index contributed by atoms with van der Waals surface area (Å²) in [5.41, 5.74) is 1.85. The van der Waals surface area contributed by atoms with Crippen molar-refractivity contribution in [3.63, 3.8) is 0 Å². The van der Waals surface area contributed by atoms with Crippen molar-refractivity contribution in [2.75, 3.05) is 0 Å². The first-order chi connectivity index (χ1) is 11.9. The van der Waals surface area contributed by atoms with Crippen molar-refractivity contribution in [3.8, 4) is 22.9 Å². The Morgan fingerprint density at radius 2 is 1.92 bits per heavy atom. The summed E-state index contributed by atoms with van der Waals surface area (Å²) < 4.78 is 7.14. The molecule has 6 nitrogen and oxygen atoms in total. The van der Waals surface area contributed by atoms with Gasteiger partial charge in [0.05, 0.1) is 5.69 Å². The highest BCUT2D eigenvalue weighted by Gasteiger charge is 2.14. The van der Waals surface area contributed by atoms with E-state index >= 15 is 0 Å². The number of hydrogen-bond donors (Lipinski definition) is 1. The molecule has 26 heavy (non-hydrogen) atoms. The normalized spacial score (nSPS) is 10.3. The number of H-pyrrole nitrogens is 1. The molecular formula is C19H20ClN3O3. The molecule has 0 saturated heterocycles. The van der Waals surface area contributed by atoms with Gasteiger partial charge in [-0.2, -0.15) is 0 Å². The molecule has 3 rings (SSSR count). The van der Waals surface area contributed by atoms with Gasteiger partial charge in [-0.15, -0.1) is 0 Å². The average molecular weight is 374 g/mol. The maximum atomic E-state index is 11.9. The highest BCUT2D eigenvalue weighted by Crippen LogP contribution is 2.31. The summed E-state index contributed by atoms with van der Waals surface area (Å²) in [7, 11) is 1.62. The number of halogens is 1. The van der Waals surface area contributed by atoms with Crippen molar-refractivity contribution in [1.82, 2.24) is 14.5 Å². The smallest absolute Gasteiger partial charge is 0.328 e. The van der Waals surface area contributed by atoms with Crippen LogP contribution in [0.15, 0.2) is 46.1 Å². The van der Waals surface area contributed by atoms with Gasteiger partial charge in [-0.25, -0.2) is 9.78 Å². The second-order valence-corrected chi connectivity index (χ2v) is 6.07. The van der Waals surface area contributed by atoms with E-state index in [1.807, 2.05) is 19.1 Å². The first-order valence-electron chi connectivity index (χ1n) is 7.58. The van der Waals surface area contributed by atoms with Crippen LogP contribution in [0.4, 0.5) is 0 Å². The highest BCUT2D eigenvalue weighted by atomic mass is 35.5. The molecule has 0 unspecified atom stereocenters. The van der Waals surface area contributed by atoms with Crippen LogP contribution in [0.1, 0.15) is 18.6 Å². The average Bonchev–Trinajstić information content (AvgIpc) is 2.57. The molecule has 3 aromatic rings. The number of pyridine rings is 1. The number of nitrogens with zero attached hydrogens (tertiary/aromatic N) is 2.